The van der Waals surface area contributed by atoms with Gasteiger partial charge in [0.05, 0.1) is 0 Å². The van der Waals surface area contributed by atoms with Crippen LogP contribution in [-0.4, -0.2) is 27.7 Å². The van der Waals surface area contributed by atoms with E-state index in [0.717, 1.165) is 0 Å². The summed E-state index contributed by atoms with van der Waals surface area (Å²) in [5, 5.41) is 9.69. The number of carbonyl (C=O) groups is 1. The standard InChI is InChI=1S/C8H15NO2/c1-5-6(2)9(7(3)10)8(5,4)11/h5-6,11H,1-4H3. The minimum Gasteiger partial charge on any atom is -0.371 e. The van der Waals surface area contributed by atoms with E-state index in [9.17, 15) is 9.90 Å². The molecule has 0 radical (unpaired) electrons. The van der Waals surface area contributed by atoms with Gasteiger partial charge in [0.25, 0.3) is 0 Å². The minimum atomic E-state index is -0.925. The first kappa shape index (κ1) is 8.53. The molecule has 3 unspecified atom stereocenters. The van der Waals surface area contributed by atoms with Gasteiger partial charge < -0.3 is 10.0 Å². The van der Waals surface area contributed by atoms with Gasteiger partial charge in [0, 0.05) is 18.9 Å². The van der Waals surface area contributed by atoms with Crippen LogP contribution in [0.2, 0.25) is 0 Å². The van der Waals surface area contributed by atoms with E-state index < -0.39 is 5.72 Å². The average molecular weight is 157 g/mol. The second-order valence-corrected chi connectivity index (χ2v) is 3.51. The molecule has 11 heavy (non-hydrogen) atoms. The predicted octanol–water partition coefficient (Wildman–Crippen LogP) is 0.582. The van der Waals surface area contributed by atoms with E-state index in [4.69, 9.17) is 0 Å². The zero-order valence-electron chi connectivity index (χ0n) is 7.46. The summed E-state index contributed by atoms with van der Waals surface area (Å²) in [6.45, 7) is 7.06. The average Bonchev–Trinajstić information content (AvgIpc) is 1.85. The lowest BCUT2D eigenvalue weighted by Gasteiger charge is -2.57. The highest BCUT2D eigenvalue weighted by Crippen LogP contribution is 2.39. The van der Waals surface area contributed by atoms with Crippen LogP contribution >= 0.6 is 0 Å². The second kappa shape index (κ2) is 2.21. The SMILES string of the molecule is CC(=O)N1C(C)C(C)C1(C)O. The van der Waals surface area contributed by atoms with Gasteiger partial charge in [-0.2, -0.15) is 0 Å². The Labute approximate surface area is 67.0 Å². The summed E-state index contributed by atoms with van der Waals surface area (Å²) in [4.78, 5) is 12.5. The van der Waals surface area contributed by atoms with E-state index in [1.54, 1.807) is 6.92 Å². The van der Waals surface area contributed by atoms with E-state index in [2.05, 4.69) is 0 Å². The van der Waals surface area contributed by atoms with Crippen molar-refractivity contribution in [1.82, 2.24) is 4.90 Å². The molecule has 0 saturated carbocycles. The lowest BCUT2D eigenvalue weighted by atomic mass is 9.79. The van der Waals surface area contributed by atoms with Gasteiger partial charge in [-0.05, 0) is 13.8 Å². The van der Waals surface area contributed by atoms with Crippen molar-refractivity contribution in [2.45, 2.75) is 39.5 Å². The Morgan fingerprint density at radius 2 is 2.00 bits per heavy atom. The number of carbonyl (C=O) groups excluding carboxylic acids is 1. The summed E-state index contributed by atoms with van der Waals surface area (Å²) >= 11 is 0. The van der Waals surface area contributed by atoms with Crippen molar-refractivity contribution < 1.29 is 9.90 Å². The molecule has 1 heterocycles. The maximum atomic E-state index is 11.0. The van der Waals surface area contributed by atoms with Crippen LogP contribution in [0.5, 0.6) is 0 Å². The van der Waals surface area contributed by atoms with Gasteiger partial charge in [-0.3, -0.25) is 4.79 Å². The van der Waals surface area contributed by atoms with Crippen molar-refractivity contribution in [3.8, 4) is 0 Å². The van der Waals surface area contributed by atoms with Gasteiger partial charge in [-0.15, -0.1) is 0 Å². The first-order chi connectivity index (χ1) is 4.89. The van der Waals surface area contributed by atoms with Gasteiger partial charge in [-0.1, -0.05) is 6.92 Å². The molecule has 0 spiro atoms. The van der Waals surface area contributed by atoms with E-state index in [0.29, 0.717) is 0 Å². The quantitative estimate of drug-likeness (QED) is 0.559. The van der Waals surface area contributed by atoms with Crippen LogP contribution < -0.4 is 0 Å². The minimum absolute atomic E-state index is 0.0550. The van der Waals surface area contributed by atoms with Crippen molar-refractivity contribution in [2.24, 2.45) is 5.92 Å². The largest absolute Gasteiger partial charge is 0.371 e. The van der Waals surface area contributed by atoms with Gasteiger partial charge in [-0.25, -0.2) is 0 Å². The summed E-state index contributed by atoms with van der Waals surface area (Å²) in [6, 6.07) is 0.169. The molecule has 1 fully saturated rings. The zero-order valence-corrected chi connectivity index (χ0v) is 7.46. The van der Waals surface area contributed by atoms with Gasteiger partial charge >= 0.3 is 0 Å². The van der Waals surface area contributed by atoms with Gasteiger partial charge in [0.15, 0.2) is 0 Å². The highest BCUT2D eigenvalue weighted by atomic mass is 16.3. The van der Waals surface area contributed by atoms with Crippen molar-refractivity contribution in [1.29, 1.82) is 0 Å². The van der Waals surface area contributed by atoms with Crippen molar-refractivity contribution >= 4 is 5.91 Å². The lowest BCUT2D eigenvalue weighted by Crippen LogP contribution is -2.71. The molecule has 3 heteroatoms. The number of rotatable bonds is 0. The van der Waals surface area contributed by atoms with Crippen LogP contribution in [0.25, 0.3) is 0 Å². The third-order valence-electron chi connectivity index (χ3n) is 2.82. The molecule has 1 aliphatic rings. The molecule has 0 aromatic carbocycles. The van der Waals surface area contributed by atoms with Crippen LogP contribution in [0.3, 0.4) is 0 Å². The van der Waals surface area contributed by atoms with Crippen LogP contribution in [0.4, 0.5) is 0 Å². The van der Waals surface area contributed by atoms with Gasteiger partial charge in [0.2, 0.25) is 5.91 Å². The molecule has 1 rings (SSSR count). The topological polar surface area (TPSA) is 40.5 Å². The summed E-state index contributed by atoms with van der Waals surface area (Å²) in [6.07, 6.45) is 0. The zero-order chi connectivity index (χ0) is 8.81. The monoisotopic (exact) mass is 157 g/mol. The van der Waals surface area contributed by atoms with E-state index in [1.807, 2.05) is 13.8 Å². The number of aliphatic hydroxyl groups is 1. The number of hydrogen-bond acceptors (Lipinski definition) is 2. The Kier molecular flexibility index (Phi) is 1.71. The molecule has 1 N–H and O–H groups in total. The molecule has 1 amide bonds. The lowest BCUT2D eigenvalue weighted by molar-refractivity contribution is -0.237. The molecule has 0 aliphatic carbocycles. The third kappa shape index (κ3) is 0.948. The van der Waals surface area contributed by atoms with Crippen LogP contribution in [0.1, 0.15) is 27.7 Å². The molecule has 64 valence electrons. The smallest absolute Gasteiger partial charge is 0.221 e. The molecule has 1 saturated heterocycles. The Morgan fingerprint density at radius 3 is 2.18 bits per heavy atom. The molecular weight excluding hydrogens is 142 g/mol. The second-order valence-electron chi connectivity index (χ2n) is 3.51. The number of hydrogen-bond donors (Lipinski definition) is 1. The van der Waals surface area contributed by atoms with E-state index >= 15 is 0 Å². The third-order valence-corrected chi connectivity index (χ3v) is 2.82. The van der Waals surface area contributed by atoms with Crippen molar-refractivity contribution in [3.05, 3.63) is 0 Å². The van der Waals surface area contributed by atoms with E-state index in [-0.39, 0.29) is 17.9 Å². The maximum absolute atomic E-state index is 11.0. The molecule has 3 nitrogen and oxygen atoms in total. The maximum Gasteiger partial charge on any atom is 0.221 e. The Morgan fingerprint density at radius 1 is 1.55 bits per heavy atom. The summed E-state index contributed by atoms with van der Waals surface area (Å²) in [5.41, 5.74) is -0.925. The molecular formula is C8H15NO2. The number of likely N-dealkylation sites (tertiary alicyclic amines) is 1. The van der Waals surface area contributed by atoms with Crippen LogP contribution in [-0.2, 0) is 4.79 Å². The van der Waals surface area contributed by atoms with E-state index in [1.165, 1.54) is 11.8 Å². The fourth-order valence-electron chi connectivity index (χ4n) is 1.84. The van der Waals surface area contributed by atoms with Crippen LogP contribution in [0, 0.1) is 5.92 Å². The first-order valence-corrected chi connectivity index (χ1v) is 3.91. The van der Waals surface area contributed by atoms with Gasteiger partial charge in [0.1, 0.15) is 5.72 Å². The summed E-state index contributed by atoms with van der Waals surface area (Å²) in [5.74, 6) is 0.118. The highest BCUT2D eigenvalue weighted by Gasteiger charge is 2.53. The predicted molar refractivity (Wildman–Crippen MR) is 41.8 cm³/mol. The van der Waals surface area contributed by atoms with Crippen molar-refractivity contribution in [3.63, 3.8) is 0 Å². The highest BCUT2D eigenvalue weighted by molar-refractivity contribution is 5.75. The molecule has 0 aromatic heterocycles. The molecule has 1 aliphatic heterocycles. The fourth-order valence-corrected chi connectivity index (χ4v) is 1.84. The Bertz CT molecular complexity index is 189. The fraction of sp³-hybridized carbons (Fsp3) is 0.875. The Hall–Kier alpha value is -0.570. The summed E-state index contributed by atoms with van der Waals surface area (Å²) in [7, 11) is 0. The Balaban J connectivity index is 2.77. The number of amides is 1. The molecule has 0 bridgehead atoms. The number of nitrogens with zero attached hydrogens (tertiary/aromatic N) is 1. The summed E-state index contributed by atoms with van der Waals surface area (Å²) < 4.78 is 0. The first-order valence-electron chi connectivity index (χ1n) is 3.91. The molecule has 3 atom stereocenters. The molecule has 0 aromatic rings. The van der Waals surface area contributed by atoms with Crippen molar-refractivity contribution in [2.75, 3.05) is 0 Å². The normalized spacial score (nSPS) is 43.5. The van der Waals surface area contributed by atoms with Crippen LogP contribution in [0.15, 0.2) is 0 Å².